The van der Waals surface area contributed by atoms with Crippen molar-refractivity contribution in [2.45, 2.75) is 12.5 Å². The molecule has 1 atom stereocenters. The molecule has 18 heavy (non-hydrogen) atoms. The molecule has 1 aromatic rings. The monoisotopic (exact) mass is 365 g/mol. The molecule has 0 heterocycles. The van der Waals surface area contributed by atoms with Gasteiger partial charge in [-0.25, -0.2) is 4.79 Å². The van der Waals surface area contributed by atoms with E-state index in [0.717, 1.165) is 3.57 Å². The van der Waals surface area contributed by atoms with Crippen molar-refractivity contribution in [1.82, 2.24) is 5.32 Å². The first-order valence-corrected chi connectivity index (χ1v) is 6.17. The van der Waals surface area contributed by atoms with Gasteiger partial charge in [0, 0.05) is 16.5 Å². The topological polar surface area (TPSA) is 107 Å². The molecule has 0 saturated heterocycles. The van der Waals surface area contributed by atoms with Crippen LogP contribution in [-0.2, 0) is 4.79 Å². The van der Waals surface area contributed by atoms with Crippen LogP contribution in [0.15, 0.2) is 18.2 Å². The lowest BCUT2D eigenvalue weighted by molar-refractivity contribution is -0.146. The van der Waals surface area contributed by atoms with Crippen LogP contribution in [0.25, 0.3) is 0 Å². The van der Waals surface area contributed by atoms with Crippen molar-refractivity contribution in [3.05, 3.63) is 27.3 Å². The van der Waals surface area contributed by atoms with Gasteiger partial charge in [0.25, 0.3) is 5.91 Å². The van der Waals surface area contributed by atoms with Gasteiger partial charge in [0.05, 0.1) is 5.56 Å². The number of hydrogen-bond acceptors (Lipinski definition) is 4. The molecular weight excluding hydrogens is 353 g/mol. The normalized spacial score (nSPS) is 11.9. The van der Waals surface area contributed by atoms with E-state index in [2.05, 4.69) is 5.32 Å². The Bertz CT molecular complexity index is 463. The second kappa shape index (κ2) is 6.55. The third-order valence-corrected chi connectivity index (χ3v) is 2.86. The molecule has 1 amide bonds. The van der Waals surface area contributed by atoms with Crippen molar-refractivity contribution in [3.63, 3.8) is 0 Å². The number of hydrogen-bond donors (Lipinski definition) is 4. The van der Waals surface area contributed by atoms with Crippen LogP contribution in [0.4, 0.5) is 0 Å². The number of carbonyl (C=O) groups is 2. The summed E-state index contributed by atoms with van der Waals surface area (Å²) in [5.41, 5.74) is 0.117. The third kappa shape index (κ3) is 4.15. The number of carboxylic acid groups (broad SMARTS) is 1. The number of halogens is 1. The number of rotatable bonds is 5. The van der Waals surface area contributed by atoms with Gasteiger partial charge in [-0.05, 0) is 40.8 Å². The van der Waals surface area contributed by atoms with Crippen molar-refractivity contribution < 1.29 is 24.9 Å². The van der Waals surface area contributed by atoms with Crippen LogP contribution in [0.2, 0.25) is 0 Å². The molecule has 0 aromatic heterocycles. The van der Waals surface area contributed by atoms with E-state index in [9.17, 15) is 14.7 Å². The zero-order valence-corrected chi connectivity index (χ0v) is 11.4. The lowest BCUT2D eigenvalue weighted by Gasteiger charge is -2.08. The number of aliphatic carboxylic acids is 1. The van der Waals surface area contributed by atoms with Crippen molar-refractivity contribution in [3.8, 4) is 5.75 Å². The molecule has 0 bridgehead atoms. The Kier molecular flexibility index (Phi) is 5.35. The molecule has 0 saturated carbocycles. The third-order valence-electron chi connectivity index (χ3n) is 2.19. The number of nitrogens with one attached hydrogen (secondary N) is 1. The molecule has 98 valence electrons. The van der Waals surface area contributed by atoms with Gasteiger partial charge >= 0.3 is 5.97 Å². The first-order valence-electron chi connectivity index (χ1n) is 5.09. The Labute approximate surface area is 117 Å². The number of phenols is 1. The van der Waals surface area contributed by atoms with Gasteiger partial charge in [-0.2, -0.15) is 0 Å². The fourth-order valence-corrected chi connectivity index (χ4v) is 1.72. The highest BCUT2D eigenvalue weighted by atomic mass is 127. The second-order valence-electron chi connectivity index (χ2n) is 3.56. The summed E-state index contributed by atoms with van der Waals surface area (Å²) >= 11 is 2.00. The van der Waals surface area contributed by atoms with Crippen molar-refractivity contribution >= 4 is 34.5 Å². The molecule has 6 nitrogen and oxygen atoms in total. The number of aromatic hydroxyl groups is 1. The zero-order chi connectivity index (χ0) is 13.7. The maximum absolute atomic E-state index is 11.7. The highest BCUT2D eigenvalue weighted by molar-refractivity contribution is 14.1. The predicted octanol–water partition coefficient (Wildman–Crippen LogP) is 0.562. The molecular formula is C11H12INO5. The average Bonchev–Trinajstić information content (AvgIpc) is 2.31. The summed E-state index contributed by atoms with van der Waals surface area (Å²) in [7, 11) is 0. The Morgan fingerprint density at radius 1 is 1.39 bits per heavy atom. The maximum Gasteiger partial charge on any atom is 0.332 e. The fourth-order valence-electron chi connectivity index (χ4n) is 1.23. The van der Waals surface area contributed by atoms with Crippen LogP contribution in [0.3, 0.4) is 0 Å². The molecule has 1 aromatic carbocycles. The summed E-state index contributed by atoms with van der Waals surface area (Å²) in [5, 5.41) is 29.4. The number of carbonyl (C=O) groups excluding carboxylic acids is 1. The minimum Gasteiger partial charge on any atom is -0.507 e. The van der Waals surface area contributed by atoms with Gasteiger partial charge in [-0.3, -0.25) is 4.79 Å². The molecule has 1 rings (SSSR count). The first-order chi connectivity index (χ1) is 8.41. The molecule has 0 unspecified atom stereocenters. The highest BCUT2D eigenvalue weighted by Gasteiger charge is 2.15. The summed E-state index contributed by atoms with van der Waals surface area (Å²) in [6, 6.07) is 4.57. The van der Waals surface area contributed by atoms with Crippen LogP contribution in [-0.4, -0.2) is 39.8 Å². The number of phenolic OH excluding ortho intramolecular Hbond substituents is 1. The van der Waals surface area contributed by atoms with E-state index < -0.39 is 18.0 Å². The van der Waals surface area contributed by atoms with Gasteiger partial charge in [0.2, 0.25) is 0 Å². The fraction of sp³-hybridized carbons (Fsp3) is 0.273. The number of carboxylic acids is 1. The SMILES string of the molecule is O=C(NCC[C@H](O)C(=O)O)c1cc(I)ccc1O. The maximum atomic E-state index is 11.7. The van der Waals surface area contributed by atoms with E-state index in [4.69, 9.17) is 10.2 Å². The van der Waals surface area contributed by atoms with Gasteiger partial charge in [-0.15, -0.1) is 0 Å². The highest BCUT2D eigenvalue weighted by Crippen LogP contribution is 2.19. The minimum absolute atomic E-state index is 0.0111. The standard InChI is InChI=1S/C11H12INO5/c12-6-1-2-8(14)7(5-6)10(16)13-4-3-9(15)11(17)18/h1-2,5,9,14-15H,3-4H2,(H,13,16)(H,17,18)/t9-/m0/s1. The average molecular weight is 365 g/mol. The smallest absolute Gasteiger partial charge is 0.332 e. The van der Waals surface area contributed by atoms with E-state index in [1.54, 1.807) is 6.07 Å². The number of aliphatic hydroxyl groups is 1. The minimum atomic E-state index is -1.50. The Morgan fingerprint density at radius 3 is 2.67 bits per heavy atom. The van der Waals surface area contributed by atoms with Crippen LogP contribution in [0.5, 0.6) is 5.75 Å². The zero-order valence-electron chi connectivity index (χ0n) is 9.26. The van der Waals surface area contributed by atoms with Crippen LogP contribution < -0.4 is 5.32 Å². The van der Waals surface area contributed by atoms with Gasteiger partial charge in [0.1, 0.15) is 5.75 Å². The van der Waals surface area contributed by atoms with Crippen molar-refractivity contribution in [2.75, 3.05) is 6.54 Å². The molecule has 0 fully saturated rings. The second-order valence-corrected chi connectivity index (χ2v) is 4.81. The predicted molar refractivity (Wildman–Crippen MR) is 71.4 cm³/mol. The summed E-state index contributed by atoms with van der Waals surface area (Å²) in [4.78, 5) is 22.0. The number of benzene rings is 1. The molecule has 0 aliphatic carbocycles. The largest absolute Gasteiger partial charge is 0.507 e. The molecule has 0 aliphatic heterocycles. The van der Waals surface area contributed by atoms with Gasteiger partial charge in [0.15, 0.2) is 6.10 Å². The lowest BCUT2D eigenvalue weighted by Crippen LogP contribution is -2.30. The molecule has 7 heteroatoms. The van der Waals surface area contributed by atoms with E-state index >= 15 is 0 Å². The Morgan fingerprint density at radius 2 is 2.06 bits per heavy atom. The first kappa shape index (κ1) is 14.7. The molecule has 0 spiro atoms. The number of aliphatic hydroxyl groups excluding tert-OH is 1. The Balaban J connectivity index is 2.55. The van der Waals surface area contributed by atoms with Crippen molar-refractivity contribution in [1.29, 1.82) is 0 Å². The summed E-state index contributed by atoms with van der Waals surface area (Å²) in [6.45, 7) is 0.0111. The summed E-state index contributed by atoms with van der Waals surface area (Å²) < 4.78 is 0.793. The van der Waals surface area contributed by atoms with Crippen LogP contribution in [0.1, 0.15) is 16.8 Å². The van der Waals surface area contributed by atoms with E-state index in [-0.39, 0.29) is 24.3 Å². The molecule has 4 N–H and O–H groups in total. The van der Waals surface area contributed by atoms with E-state index in [0.29, 0.717) is 0 Å². The lowest BCUT2D eigenvalue weighted by atomic mass is 10.2. The Hall–Kier alpha value is -1.35. The summed E-state index contributed by atoms with van der Waals surface area (Å²) in [5.74, 6) is -1.99. The summed E-state index contributed by atoms with van der Waals surface area (Å²) in [6.07, 6.45) is -1.60. The number of amides is 1. The quantitative estimate of drug-likeness (QED) is 0.571. The van der Waals surface area contributed by atoms with E-state index in [1.165, 1.54) is 12.1 Å². The van der Waals surface area contributed by atoms with Crippen LogP contribution in [0, 0.1) is 3.57 Å². The van der Waals surface area contributed by atoms with Gasteiger partial charge in [-0.1, -0.05) is 0 Å². The van der Waals surface area contributed by atoms with Gasteiger partial charge < -0.3 is 20.6 Å². The van der Waals surface area contributed by atoms with Crippen molar-refractivity contribution in [2.24, 2.45) is 0 Å². The molecule has 0 aliphatic rings. The molecule has 0 radical (unpaired) electrons. The van der Waals surface area contributed by atoms with E-state index in [1.807, 2.05) is 22.6 Å². The van der Waals surface area contributed by atoms with Crippen LogP contribution >= 0.6 is 22.6 Å².